The molecule has 0 amide bonds. The fourth-order valence-corrected chi connectivity index (χ4v) is 1.95. The van der Waals surface area contributed by atoms with Gasteiger partial charge in [0.2, 0.25) is 11.7 Å². The van der Waals surface area contributed by atoms with E-state index in [0.29, 0.717) is 11.5 Å². The maximum absolute atomic E-state index is 12.3. The number of ether oxygens (including phenoxy) is 1. The highest BCUT2D eigenvalue weighted by atomic mass is 19.3. The van der Waals surface area contributed by atoms with Crippen molar-refractivity contribution in [1.82, 2.24) is 20.1 Å². The number of aromatic nitrogens is 4. The van der Waals surface area contributed by atoms with Crippen LogP contribution in [-0.4, -0.2) is 33.1 Å². The van der Waals surface area contributed by atoms with Crippen molar-refractivity contribution in [2.24, 2.45) is 0 Å². The summed E-state index contributed by atoms with van der Waals surface area (Å²) in [6, 6.07) is 6.80. The molecule has 3 rings (SSSR count). The largest absolute Gasteiger partial charge is 0.471 e. The zero-order valence-electron chi connectivity index (χ0n) is 12.1. The molecule has 0 radical (unpaired) electrons. The molecule has 23 heavy (non-hydrogen) atoms. The topological polar surface area (TPSA) is 73.9 Å². The third-order valence-electron chi connectivity index (χ3n) is 2.93. The number of hydrogen-bond acceptors (Lipinski definition) is 6. The molecule has 0 fully saturated rings. The Balaban J connectivity index is 1.91. The summed E-state index contributed by atoms with van der Waals surface area (Å²) in [5.74, 6) is 0.548. The van der Waals surface area contributed by atoms with E-state index < -0.39 is 13.0 Å². The Kier molecular flexibility index (Phi) is 4.22. The quantitative estimate of drug-likeness (QED) is 0.719. The minimum absolute atomic E-state index is 0.0334. The van der Waals surface area contributed by atoms with Crippen molar-refractivity contribution in [2.45, 2.75) is 13.3 Å². The van der Waals surface area contributed by atoms with Crippen LogP contribution in [0.25, 0.3) is 22.8 Å². The van der Waals surface area contributed by atoms with E-state index in [0.717, 1.165) is 11.3 Å². The van der Waals surface area contributed by atoms with Crippen LogP contribution in [0.15, 0.2) is 41.2 Å². The highest BCUT2D eigenvalue weighted by Crippen LogP contribution is 2.28. The molecule has 0 bridgehead atoms. The maximum atomic E-state index is 12.3. The van der Waals surface area contributed by atoms with E-state index >= 15 is 0 Å². The molecular formula is C15H12F2N4O2. The van der Waals surface area contributed by atoms with Crippen molar-refractivity contribution in [1.29, 1.82) is 0 Å². The molecular weight excluding hydrogens is 306 g/mol. The smallest absolute Gasteiger partial charge is 0.272 e. The van der Waals surface area contributed by atoms with Gasteiger partial charge in [0, 0.05) is 23.7 Å². The average Bonchev–Trinajstić information content (AvgIpc) is 3.03. The second kappa shape index (κ2) is 6.47. The van der Waals surface area contributed by atoms with Crippen LogP contribution in [0.5, 0.6) is 5.88 Å². The van der Waals surface area contributed by atoms with Crippen molar-refractivity contribution >= 4 is 0 Å². The van der Waals surface area contributed by atoms with Crippen LogP contribution in [0.1, 0.15) is 5.69 Å². The van der Waals surface area contributed by atoms with Crippen molar-refractivity contribution in [3.05, 3.63) is 42.4 Å². The fraction of sp³-hybridized carbons (Fsp3) is 0.200. The molecule has 8 heteroatoms. The van der Waals surface area contributed by atoms with Gasteiger partial charge >= 0.3 is 0 Å². The molecule has 0 aromatic carbocycles. The third kappa shape index (κ3) is 3.47. The van der Waals surface area contributed by atoms with Gasteiger partial charge in [0.1, 0.15) is 0 Å². The molecule has 0 saturated heterocycles. The highest BCUT2D eigenvalue weighted by Gasteiger charge is 2.16. The van der Waals surface area contributed by atoms with Crippen LogP contribution in [0.4, 0.5) is 8.78 Å². The number of alkyl halides is 2. The molecule has 0 spiro atoms. The van der Waals surface area contributed by atoms with E-state index in [1.165, 1.54) is 6.20 Å². The van der Waals surface area contributed by atoms with Gasteiger partial charge in [-0.15, -0.1) is 0 Å². The van der Waals surface area contributed by atoms with Crippen molar-refractivity contribution < 1.29 is 18.0 Å². The molecule has 3 aromatic heterocycles. The summed E-state index contributed by atoms with van der Waals surface area (Å²) < 4.78 is 34.8. The zero-order valence-corrected chi connectivity index (χ0v) is 12.1. The number of pyridine rings is 2. The van der Waals surface area contributed by atoms with Gasteiger partial charge in [-0.1, -0.05) is 5.16 Å². The maximum Gasteiger partial charge on any atom is 0.272 e. The van der Waals surface area contributed by atoms with Crippen molar-refractivity contribution in [3.8, 4) is 28.7 Å². The van der Waals surface area contributed by atoms with Crippen molar-refractivity contribution in [3.63, 3.8) is 0 Å². The van der Waals surface area contributed by atoms with E-state index in [2.05, 4.69) is 20.1 Å². The first-order valence-corrected chi connectivity index (χ1v) is 6.76. The van der Waals surface area contributed by atoms with Crippen molar-refractivity contribution in [2.75, 3.05) is 6.61 Å². The lowest BCUT2D eigenvalue weighted by Gasteiger charge is -2.06. The summed E-state index contributed by atoms with van der Waals surface area (Å²) >= 11 is 0. The van der Waals surface area contributed by atoms with Gasteiger partial charge in [0.05, 0.1) is 5.56 Å². The lowest BCUT2D eigenvalue weighted by molar-refractivity contribution is 0.0799. The Hall–Kier alpha value is -2.90. The molecule has 0 aliphatic rings. The van der Waals surface area contributed by atoms with E-state index in [-0.39, 0.29) is 11.7 Å². The van der Waals surface area contributed by atoms with Gasteiger partial charge in [-0.2, -0.15) is 4.98 Å². The predicted octanol–water partition coefficient (Wildman–Crippen LogP) is 3.15. The number of nitrogens with zero attached hydrogens (tertiary/aromatic N) is 4. The van der Waals surface area contributed by atoms with Gasteiger partial charge in [0.15, 0.2) is 6.61 Å². The van der Waals surface area contributed by atoms with Crippen LogP contribution in [0.2, 0.25) is 0 Å². The van der Waals surface area contributed by atoms with Crippen LogP contribution < -0.4 is 4.74 Å². The molecule has 0 unspecified atom stereocenters. The Morgan fingerprint density at radius 3 is 2.87 bits per heavy atom. The standard InChI is InChI=1S/C15H12F2N4O2/c1-9-7-10(4-6-18-9)14-20-13(21-23-14)11-3-2-5-19-15(11)22-8-12(16)17/h2-7,12H,8H2,1H3. The lowest BCUT2D eigenvalue weighted by atomic mass is 10.2. The second-order valence-electron chi connectivity index (χ2n) is 4.67. The SMILES string of the molecule is Cc1cc(-c2nc(-c3cccnc3OCC(F)F)no2)ccn1. The Morgan fingerprint density at radius 2 is 2.09 bits per heavy atom. The van der Waals surface area contributed by atoms with Gasteiger partial charge < -0.3 is 9.26 Å². The lowest BCUT2D eigenvalue weighted by Crippen LogP contribution is -2.08. The first-order chi connectivity index (χ1) is 11.1. The van der Waals surface area contributed by atoms with Crippen LogP contribution >= 0.6 is 0 Å². The third-order valence-corrected chi connectivity index (χ3v) is 2.93. The van der Waals surface area contributed by atoms with Crippen LogP contribution in [-0.2, 0) is 0 Å². The average molecular weight is 318 g/mol. The van der Waals surface area contributed by atoms with Gasteiger partial charge in [-0.05, 0) is 31.2 Å². The monoisotopic (exact) mass is 318 g/mol. The first-order valence-electron chi connectivity index (χ1n) is 6.76. The van der Waals surface area contributed by atoms with Gasteiger partial charge in [-0.25, -0.2) is 13.8 Å². The minimum Gasteiger partial charge on any atom is -0.471 e. The van der Waals surface area contributed by atoms with Gasteiger partial charge in [-0.3, -0.25) is 4.98 Å². The summed E-state index contributed by atoms with van der Waals surface area (Å²) in [7, 11) is 0. The summed E-state index contributed by atoms with van der Waals surface area (Å²) in [6.45, 7) is 1.09. The van der Waals surface area contributed by atoms with E-state index in [1.807, 2.05) is 6.92 Å². The number of hydrogen-bond donors (Lipinski definition) is 0. The molecule has 0 aliphatic heterocycles. The molecule has 6 nitrogen and oxygen atoms in total. The molecule has 0 N–H and O–H groups in total. The summed E-state index contributed by atoms with van der Waals surface area (Å²) in [5.41, 5.74) is 1.91. The number of aryl methyl sites for hydroxylation is 1. The number of halogens is 2. The molecule has 3 aromatic rings. The molecule has 118 valence electrons. The minimum atomic E-state index is -2.59. The van der Waals surface area contributed by atoms with Crippen LogP contribution in [0, 0.1) is 6.92 Å². The Morgan fingerprint density at radius 1 is 1.22 bits per heavy atom. The van der Waals surface area contributed by atoms with Crippen LogP contribution in [0.3, 0.4) is 0 Å². The normalized spacial score (nSPS) is 11.0. The predicted molar refractivity (Wildman–Crippen MR) is 77.0 cm³/mol. The molecule has 0 saturated carbocycles. The fourth-order valence-electron chi connectivity index (χ4n) is 1.95. The zero-order chi connectivity index (χ0) is 16.2. The summed E-state index contributed by atoms with van der Waals surface area (Å²) in [5, 5.41) is 3.87. The van der Waals surface area contributed by atoms with E-state index in [4.69, 9.17) is 9.26 Å². The number of rotatable bonds is 5. The summed E-state index contributed by atoms with van der Waals surface area (Å²) in [4.78, 5) is 12.3. The molecule has 0 atom stereocenters. The highest BCUT2D eigenvalue weighted by molar-refractivity contribution is 5.63. The van der Waals surface area contributed by atoms with Gasteiger partial charge in [0.25, 0.3) is 12.3 Å². The van der Waals surface area contributed by atoms with E-state index in [9.17, 15) is 8.78 Å². The second-order valence-corrected chi connectivity index (χ2v) is 4.67. The Bertz CT molecular complexity index is 807. The summed E-state index contributed by atoms with van der Waals surface area (Å²) in [6.07, 6.45) is 0.485. The van der Waals surface area contributed by atoms with E-state index in [1.54, 1.807) is 30.5 Å². The molecule has 0 aliphatic carbocycles. The molecule has 3 heterocycles. The first kappa shape index (κ1) is 15.0. The Labute approximate surface area is 130 Å².